The molecule has 140 valence electrons. The highest BCUT2D eigenvalue weighted by Crippen LogP contribution is 2.20. The Labute approximate surface area is 158 Å². The summed E-state index contributed by atoms with van der Waals surface area (Å²) < 4.78 is 3.51. The van der Waals surface area contributed by atoms with E-state index in [2.05, 4.69) is 10.5 Å². The van der Waals surface area contributed by atoms with Crippen molar-refractivity contribution in [2.45, 2.75) is 20.8 Å². The molecule has 0 aliphatic heterocycles. The highest BCUT2D eigenvalue weighted by Gasteiger charge is 2.16. The SMILES string of the molecule is CCON=C(C)c1ccc(Nc2c(C)n(C)n(-c3ccccc3)c2=O)cc1. The van der Waals surface area contributed by atoms with Crippen molar-refractivity contribution in [3.8, 4) is 5.69 Å². The normalized spacial score (nSPS) is 11.5. The number of anilines is 2. The maximum Gasteiger partial charge on any atom is 0.295 e. The van der Waals surface area contributed by atoms with Crippen molar-refractivity contribution < 1.29 is 4.84 Å². The summed E-state index contributed by atoms with van der Waals surface area (Å²) in [4.78, 5) is 18.0. The maximum absolute atomic E-state index is 13.0. The molecule has 6 heteroatoms. The molecule has 0 fully saturated rings. The molecule has 0 unspecified atom stereocenters. The summed E-state index contributed by atoms with van der Waals surface area (Å²) in [6.07, 6.45) is 0. The van der Waals surface area contributed by atoms with Gasteiger partial charge in [0.1, 0.15) is 12.3 Å². The maximum atomic E-state index is 13.0. The topological polar surface area (TPSA) is 60.5 Å². The molecule has 0 amide bonds. The minimum Gasteiger partial charge on any atom is -0.396 e. The van der Waals surface area contributed by atoms with E-state index in [9.17, 15) is 4.79 Å². The highest BCUT2D eigenvalue weighted by molar-refractivity contribution is 5.98. The molecule has 0 aliphatic carbocycles. The summed E-state index contributed by atoms with van der Waals surface area (Å²) in [6.45, 7) is 6.26. The van der Waals surface area contributed by atoms with Crippen LogP contribution in [0, 0.1) is 6.92 Å². The van der Waals surface area contributed by atoms with Crippen molar-refractivity contribution in [3.05, 3.63) is 76.2 Å². The smallest absolute Gasteiger partial charge is 0.295 e. The Bertz CT molecular complexity index is 999. The van der Waals surface area contributed by atoms with E-state index < -0.39 is 0 Å². The summed E-state index contributed by atoms with van der Waals surface area (Å²) in [6, 6.07) is 17.4. The van der Waals surface area contributed by atoms with Crippen LogP contribution in [-0.4, -0.2) is 21.7 Å². The molecule has 3 aromatic rings. The average molecular weight is 364 g/mol. The van der Waals surface area contributed by atoms with E-state index in [-0.39, 0.29) is 5.56 Å². The summed E-state index contributed by atoms with van der Waals surface area (Å²) in [7, 11) is 1.88. The molecule has 27 heavy (non-hydrogen) atoms. The lowest BCUT2D eigenvalue weighted by molar-refractivity contribution is 0.159. The molecule has 0 aliphatic rings. The van der Waals surface area contributed by atoms with Crippen LogP contribution < -0.4 is 10.9 Å². The molecule has 0 radical (unpaired) electrons. The summed E-state index contributed by atoms with van der Waals surface area (Å²) >= 11 is 0. The molecular weight excluding hydrogens is 340 g/mol. The highest BCUT2D eigenvalue weighted by atomic mass is 16.6. The number of hydrogen-bond donors (Lipinski definition) is 1. The molecule has 6 nitrogen and oxygen atoms in total. The van der Waals surface area contributed by atoms with E-state index in [0.717, 1.165) is 28.3 Å². The second kappa shape index (κ2) is 7.95. The quantitative estimate of drug-likeness (QED) is 0.531. The van der Waals surface area contributed by atoms with Gasteiger partial charge in [0.15, 0.2) is 0 Å². The number of oxime groups is 1. The lowest BCUT2D eigenvalue weighted by Crippen LogP contribution is -2.20. The van der Waals surface area contributed by atoms with Crippen LogP contribution >= 0.6 is 0 Å². The Morgan fingerprint density at radius 2 is 1.78 bits per heavy atom. The van der Waals surface area contributed by atoms with Gasteiger partial charge in [-0.15, -0.1) is 0 Å². The third-order valence-corrected chi connectivity index (χ3v) is 4.46. The van der Waals surface area contributed by atoms with Crippen LogP contribution in [0.4, 0.5) is 11.4 Å². The van der Waals surface area contributed by atoms with Crippen LogP contribution in [0.2, 0.25) is 0 Å². The molecule has 1 aromatic heterocycles. The zero-order valence-corrected chi connectivity index (χ0v) is 16.1. The van der Waals surface area contributed by atoms with Gasteiger partial charge < -0.3 is 10.2 Å². The van der Waals surface area contributed by atoms with Gasteiger partial charge in [-0.2, -0.15) is 0 Å². The zero-order chi connectivity index (χ0) is 19.4. The monoisotopic (exact) mass is 364 g/mol. The lowest BCUT2D eigenvalue weighted by Gasteiger charge is -2.07. The third kappa shape index (κ3) is 3.79. The van der Waals surface area contributed by atoms with E-state index in [1.54, 1.807) is 4.68 Å². The van der Waals surface area contributed by atoms with Crippen LogP contribution in [0.25, 0.3) is 5.69 Å². The van der Waals surface area contributed by atoms with Crippen molar-refractivity contribution in [3.63, 3.8) is 0 Å². The Hall–Kier alpha value is -3.28. The lowest BCUT2D eigenvalue weighted by atomic mass is 10.1. The van der Waals surface area contributed by atoms with Crippen molar-refractivity contribution in [1.82, 2.24) is 9.36 Å². The Balaban J connectivity index is 1.90. The van der Waals surface area contributed by atoms with Gasteiger partial charge in [0.25, 0.3) is 5.56 Å². The standard InChI is InChI=1S/C21H24N4O2/c1-5-27-23-15(2)17-11-13-18(14-12-17)22-20-16(3)24(4)25(21(20)26)19-9-7-6-8-10-19/h6-14,22H,5H2,1-4H3. The molecule has 2 aromatic carbocycles. The zero-order valence-electron chi connectivity index (χ0n) is 16.1. The van der Waals surface area contributed by atoms with Gasteiger partial charge >= 0.3 is 0 Å². The summed E-state index contributed by atoms with van der Waals surface area (Å²) in [5.41, 5.74) is 4.80. The van der Waals surface area contributed by atoms with Gasteiger partial charge in [-0.3, -0.25) is 9.48 Å². The van der Waals surface area contributed by atoms with Crippen LogP contribution in [-0.2, 0) is 11.9 Å². The Morgan fingerprint density at radius 1 is 1.11 bits per heavy atom. The number of para-hydroxylation sites is 1. The second-order valence-corrected chi connectivity index (χ2v) is 6.23. The van der Waals surface area contributed by atoms with Gasteiger partial charge in [-0.25, -0.2) is 4.68 Å². The van der Waals surface area contributed by atoms with Gasteiger partial charge in [-0.1, -0.05) is 35.5 Å². The van der Waals surface area contributed by atoms with Crippen molar-refractivity contribution in [1.29, 1.82) is 0 Å². The largest absolute Gasteiger partial charge is 0.396 e. The Morgan fingerprint density at radius 3 is 2.41 bits per heavy atom. The van der Waals surface area contributed by atoms with Gasteiger partial charge in [0.2, 0.25) is 0 Å². The van der Waals surface area contributed by atoms with E-state index in [0.29, 0.717) is 12.3 Å². The van der Waals surface area contributed by atoms with Crippen LogP contribution in [0.5, 0.6) is 0 Å². The molecule has 0 saturated carbocycles. The minimum absolute atomic E-state index is 0.0839. The predicted octanol–water partition coefficient (Wildman–Crippen LogP) is 3.99. The van der Waals surface area contributed by atoms with Gasteiger partial charge in [0.05, 0.1) is 17.1 Å². The number of nitrogens with one attached hydrogen (secondary N) is 1. The number of benzene rings is 2. The molecule has 0 saturated heterocycles. The first-order valence-electron chi connectivity index (χ1n) is 8.91. The van der Waals surface area contributed by atoms with E-state index in [1.165, 1.54) is 0 Å². The number of hydrogen-bond acceptors (Lipinski definition) is 4. The van der Waals surface area contributed by atoms with Crippen molar-refractivity contribution >= 4 is 17.1 Å². The Kier molecular flexibility index (Phi) is 5.45. The van der Waals surface area contributed by atoms with Crippen LogP contribution in [0.15, 0.2) is 64.5 Å². The van der Waals surface area contributed by atoms with Crippen molar-refractivity contribution in [2.75, 3.05) is 11.9 Å². The molecule has 0 spiro atoms. The fourth-order valence-electron chi connectivity index (χ4n) is 2.87. The molecule has 3 rings (SSSR count). The molecular formula is C21H24N4O2. The number of nitrogens with zero attached hydrogens (tertiary/aromatic N) is 3. The molecule has 1 N–H and O–H groups in total. The second-order valence-electron chi connectivity index (χ2n) is 6.23. The summed E-state index contributed by atoms with van der Waals surface area (Å²) in [5.74, 6) is 0. The first kappa shape index (κ1) is 18.5. The van der Waals surface area contributed by atoms with E-state index in [4.69, 9.17) is 4.84 Å². The summed E-state index contributed by atoms with van der Waals surface area (Å²) in [5, 5.41) is 7.30. The van der Waals surface area contributed by atoms with Gasteiger partial charge in [0, 0.05) is 12.7 Å². The molecule has 0 atom stereocenters. The van der Waals surface area contributed by atoms with Crippen molar-refractivity contribution in [2.24, 2.45) is 12.2 Å². The molecule has 0 bridgehead atoms. The van der Waals surface area contributed by atoms with E-state index >= 15 is 0 Å². The number of aromatic nitrogens is 2. The van der Waals surface area contributed by atoms with E-state index in [1.807, 2.05) is 87.1 Å². The van der Waals surface area contributed by atoms with Crippen LogP contribution in [0.3, 0.4) is 0 Å². The first-order valence-corrected chi connectivity index (χ1v) is 8.91. The molecule has 1 heterocycles. The third-order valence-electron chi connectivity index (χ3n) is 4.46. The number of rotatable bonds is 6. The first-order chi connectivity index (χ1) is 13.0. The fraction of sp³-hybridized carbons (Fsp3) is 0.238. The van der Waals surface area contributed by atoms with Crippen LogP contribution in [0.1, 0.15) is 25.1 Å². The van der Waals surface area contributed by atoms with Gasteiger partial charge in [-0.05, 0) is 50.6 Å². The minimum atomic E-state index is -0.0839. The fourth-order valence-corrected chi connectivity index (χ4v) is 2.87. The predicted molar refractivity (Wildman–Crippen MR) is 109 cm³/mol. The average Bonchev–Trinajstić information content (AvgIpc) is 2.90.